The second kappa shape index (κ2) is 2.40. The lowest BCUT2D eigenvalue weighted by molar-refractivity contribution is -0.846. The Hall–Kier alpha value is -0.500. The van der Waals surface area contributed by atoms with Crippen LogP contribution < -0.4 is 4.74 Å². The van der Waals surface area contributed by atoms with E-state index in [2.05, 4.69) is 0 Å². The summed E-state index contributed by atoms with van der Waals surface area (Å²) >= 11 is 5.57. The molecule has 0 saturated carbocycles. The molecule has 50 valence electrons. The van der Waals surface area contributed by atoms with Crippen LogP contribution in [0.25, 0.3) is 0 Å². The molecule has 3 heteroatoms. The Kier molecular flexibility index (Phi) is 1.76. The maximum Gasteiger partial charge on any atom is 0.223 e. The molecular formula is C6H9ClNO+. The summed E-state index contributed by atoms with van der Waals surface area (Å²) in [6.45, 7) is 1.90. The second-order valence-corrected chi connectivity index (χ2v) is 2.25. The summed E-state index contributed by atoms with van der Waals surface area (Å²) in [5.74, 6) is 1.42. The highest BCUT2D eigenvalue weighted by Crippen LogP contribution is 2.06. The van der Waals surface area contributed by atoms with Gasteiger partial charge in [0, 0.05) is 6.92 Å². The highest BCUT2D eigenvalue weighted by Gasteiger charge is 2.08. The highest BCUT2D eigenvalue weighted by atomic mass is 35.5. The number of hydrogen-bond donors (Lipinski definition) is 0. The second-order valence-electron chi connectivity index (χ2n) is 1.98. The maximum absolute atomic E-state index is 5.57. The Bertz CT molecular complexity index is 207. The fraction of sp³-hybridized carbons (Fsp3) is 0.500. The Labute approximate surface area is 59.0 Å². The van der Waals surface area contributed by atoms with Crippen molar-refractivity contribution in [2.75, 3.05) is 0 Å². The first kappa shape index (κ1) is 6.62. The lowest BCUT2D eigenvalue weighted by Gasteiger charge is -1.77. The molecule has 0 aliphatic heterocycles. The van der Waals surface area contributed by atoms with Gasteiger partial charge in [0.05, 0.1) is 11.4 Å². The molecule has 0 radical (unpaired) electrons. The minimum absolute atomic E-state index is 0.524. The number of alkyl halides is 1. The number of hydrogen-bond acceptors (Lipinski definition) is 1. The smallest absolute Gasteiger partial charge is 0.223 e. The van der Waals surface area contributed by atoms with E-state index in [1.54, 1.807) is 4.74 Å². The van der Waals surface area contributed by atoms with Crippen LogP contribution in [0, 0.1) is 6.92 Å². The van der Waals surface area contributed by atoms with E-state index in [9.17, 15) is 0 Å². The predicted molar refractivity (Wildman–Crippen MR) is 34.2 cm³/mol. The number of nitrogens with zero attached hydrogens (tertiary/aromatic N) is 1. The molecule has 9 heavy (non-hydrogen) atoms. The van der Waals surface area contributed by atoms with Crippen LogP contribution in [0.15, 0.2) is 10.7 Å². The number of halogens is 1. The predicted octanol–water partition coefficient (Wildman–Crippen LogP) is 1.15. The first-order valence-electron chi connectivity index (χ1n) is 2.75. The van der Waals surface area contributed by atoms with E-state index in [4.69, 9.17) is 16.1 Å². The Morgan fingerprint density at radius 2 is 2.44 bits per heavy atom. The molecule has 2 nitrogen and oxygen atoms in total. The van der Waals surface area contributed by atoms with Crippen LogP contribution in [0.2, 0.25) is 0 Å². The van der Waals surface area contributed by atoms with E-state index in [0.29, 0.717) is 5.88 Å². The van der Waals surface area contributed by atoms with Gasteiger partial charge in [-0.2, -0.15) is 0 Å². The Balaban J connectivity index is 3.01. The quantitative estimate of drug-likeness (QED) is 0.429. The van der Waals surface area contributed by atoms with Crippen molar-refractivity contribution in [3.63, 3.8) is 0 Å². The van der Waals surface area contributed by atoms with Crippen molar-refractivity contribution >= 4 is 11.6 Å². The molecular weight excluding hydrogens is 138 g/mol. The topological polar surface area (TPSA) is 17.0 Å². The van der Waals surface area contributed by atoms with Crippen molar-refractivity contribution in [2.24, 2.45) is 7.05 Å². The van der Waals surface area contributed by atoms with E-state index in [0.717, 1.165) is 11.3 Å². The van der Waals surface area contributed by atoms with Gasteiger partial charge in [0.25, 0.3) is 0 Å². The molecule has 1 aromatic heterocycles. The van der Waals surface area contributed by atoms with Crippen LogP contribution in [0.3, 0.4) is 0 Å². The van der Waals surface area contributed by atoms with Gasteiger partial charge in [-0.25, -0.2) is 4.52 Å². The van der Waals surface area contributed by atoms with Gasteiger partial charge in [0.1, 0.15) is 0 Å². The number of aromatic nitrogens is 1. The summed E-state index contributed by atoms with van der Waals surface area (Å²) in [5.41, 5.74) is 1.05. The zero-order chi connectivity index (χ0) is 6.85. The third-order valence-electron chi connectivity index (χ3n) is 1.21. The van der Waals surface area contributed by atoms with Crippen molar-refractivity contribution in [2.45, 2.75) is 12.8 Å². The molecule has 1 aromatic rings. The van der Waals surface area contributed by atoms with Crippen LogP contribution in [-0.2, 0) is 12.9 Å². The van der Waals surface area contributed by atoms with Crippen molar-refractivity contribution < 1.29 is 9.26 Å². The summed E-state index contributed by atoms with van der Waals surface area (Å²) in [6, 6.07) is 0. The van der Waals surface area contributed by atoms with E-state index in [-0.39, 0.29) is 0 Å². The van der Waals surface area contributed by atoms with Crippen molar-refractivity contribution in [1.29, 1.82) is 0 Å². The largest absolute Gasteiger partial charge is 0.242 e. The Morgan fingerprint density at radius 3 is 2.67 bits per heavy atom. The third-order valence-corrected chi connectivity index (χ3v) is 1.50. The van der Waals surface area contributed by atoms with E-state index in [1.807, 2.05) is 20.2 Å². The molecule has 1 heterocycles. The minimum Gasteiger partial charge on any atom is -0.242 e. The lowest BCUT2D eigenvalue weighted by atomic mass is 10.3. The van der Waals surface area contributed by atoms with E-state index < -0.39 is 0 Å². The van der Waals surface area contributed by atoms with E-state index in [1.165, 1.54) is 0 Å². The minimum atomic E-state index is 0.524. The van der Waals surface area contributed by atoms with Crippen LogP contribution in [0.5, 0.6) is 0 Å². The van der Waals surface area contributed by atoms with E-state index >= 15 is 0 Å². The molecule has 0 aromatic carbocycles. The van der Waals surface area contributed by atoms with Crippen LogP contribution in [0.4, 0.5) is 0 Å². The standard InChI is InChI=1S/C6H9ClNO/c1-5-6(3-7)4-8(2)9-5/h4H,3H2,1-2H3/q+1. The molecule has 0 fully saturated rings. The molecule has 0 aliphatic rings. The van der Waals surface area contributed by atoms with Gasteiger partial charge in [-0.05, 0) is 4.74 Å². The van der Waals surface area contributed by atoms with Crippen LogP contribution >= 0.6 is 11.6 Å². The molecule has 0 bridgehead atoms. The van der Waals surface area contributed by atoms with Gasteiger partial charge in [-0.1, -0.05) is 0 Å². The van der Waals surface area contributed by atoms with Gasteiger partial charge in [-0.3, -0.25) is 0 Å². The van der Waals surface area contributed by atoms with Crippen molar-refractivity contribution in [1.82, 2.24) is 0 Å². The molecule has 0 N–H and O–H groups in total. The van der Waals surface area contributed by atoms with Gasteiger partial charge >= 0.3 is 0 Å². The maximum atomic E-state index is 5.57. The summed E-state index contributed by atoms with van der Waals surface area (Å²) in [4.78, 5) is 0. The average molecular weight is 147 g/mol. The normalized spacial score (nSPS) is 10.1. The third kappa shape index (κ3) is 1.24. The summed E-state index contributed by atoms with van der Waals surface area (Å²) in [7, 11) is 1.84. The molecule has 0 aliphatic carbocycles. The lowest BCUT2D eigenvalue weighted by Crippen LogP contribution is -2.22. The number of rotatable bonds is 1. The summed E-state index contributed by atoms with van der Waals surface area (Å²) in [5, 5.41) is 0. The first-order chi connectivity index (χ1) is 4.24. The molecule has 0 atom stereocenters. The first-order valence-corrected chi connectivity index (χ1v) is 3.29. The van der Waals surface area contributed by atoms with Crippen LogP contribution in [0.1, 0.15) is 11.3 Å². The van der Waals surface area contributed by atoms with Crippen molar-refractivity contribution in [3.05, 3.63) is 17.5 Å². The summed E-state index contributed by atoms with van der Waals surface area (Å²) in [6.07, 6.45) is 1.88. The van der Waals surface area contributed by atoms with Gasteiger partial charge in [0.2, 0.25) is 6.20 Å². The average Bonchev–Trinajstić information content (AvgIpc) is 2.10. The molecule has 0 unspecified atom stereocenters. The van der Waals surface area contributed by atoms with Crippen molar-refractivity contribution in [3.8, 4) is 0 Å². The molecule has 1 rings (SSSR count). The zero-order valence-electron chi connectivity index (χ0n) is 5.52. The van der Waals surface area contributed by atoms with Gasteiger partial charge < -0.3 is 0 Å². The van der Waals surface area contributed by atoms with Gasteiger partial charge in [0.15, 0.2) is 12.8 Å². The summed E-state index contributed by atoms with van der Waals surface area (Å²) < 4.78 is 6.78. The molecule has 0 spiro atoms. The highest BCUT2D eigenvalue weighted by molar-refractivity contribution is 6.17. The Morgan fingerprint density at radius 1 is 1.78 bits per heavy atom. The molecule has 0 amide bonds. The van der Waals surface area contributed by atoms with Gasteiger partial charge in [-0.15, -0.1) is 11.6 Å². The monoisotopic (exact) mass is 146 g/mol. The molecule has 0 saturated heterocycles. The SMILES string of the molecule is Cc1o[n+](C)cc1CCl. The zero-order valence-corrected chi connectivity index (χ0v) is 6.27. The number of aryl methyl sites for hydroxylation is 2. The van der Waals surface area contributed by atoms with Crippen LogP contribution in [-0.4, -0.2) is 0 Å². The fourth-order valence-corrected chi connectivity index (χ4v) is 0.997. The fourth-order valence-electron chi connectivity index (χ4n) is 0.740.